The molecular weight excluding hydrogens is 236 g/mol. The molecule has 7 heteroatoms. The van der Waals surface area contributed by atoms with Crippen LogP contribution < -0.4 is 0 Å². The van der Waals surface area contributed by atoms with Gasteiger partial charge in [0.25, 0.3) is 0 Å². The number of carboxylic acid groups (broad SMARTS) is 1. The molecule has 0 aromatic carbocycles. The number of aryl methyl sites for hydroxylation is 1. The van der Waals surface area contributed by atoms with Gasteiger partial charge in [0.1, 0.15) is 0 Å². The molecule has 0 radical (unpaired) electrons. The summed E-state index contributed by atoms with van der Waals surface area (Å²) >= 11 is 0. The molecule has 1 aromatic rings. The zero-order chi connectivity index (χ0) is 13.0. The lowest BCUT2D eigenvalue weighted by atomic mass is 10.1. The highest BCUT2D eigenvalue weighted by Gasteiger charge is 2.19. The lowest BCUT2D eigenvalue weighted by Crippen LogP contribution is -2.16. The van der Waals surface area contributed by atoms with Gasteiger partial charge in [-0.1, -0.05) is 0 Å². The molecule has 2 unspecified atom stereocenters. The maximum Gasteiger partial charge on any atom is 0.305 e. The summed E-state index contributed by atoms with van der Waals surface area (Å²) in [6, 6.07) is -0.225. The smallest absolute Gasteiger partial charge is 0.305 e. The van der Waals surface area contributed by atoms with Gasteiger partial charge in [-0.05, 0) is 36.6 Å². The Morgan fingerprint density at radius 3 is 3.17 bits per heavy atom. The molecule has 1 N–H and O–H groups in total. The first-order valence-corrected chi connectivity index (χ1v) is 6.27. The van der Waals surface area contributed by atoms with Crippen molar-refractivity contribution < 1.29 is 14.6 Å². The molecule has 18 heavy (non-hydrogen) atoms. The van der Waals surface area contributed by atoms with Gasteiger partial charge in [-0.25, -0.2) is 4.68 Å². The van der Waals surface area contributed by atoms with Gasteiger partial charge in [-0.3, -0.25) is 4.79 Å². The monoisotopic (exact) mass is 254 g/mol. The first-order chi connectivity index (χ1) is 8.66. The van der Waals surface area contributed by atoms with E-state index in [4.69, 9.17) is 9.84 Å². The second-order valence-corrected chi connectivity index (χ2v) is 4.66. The molecule has 1 fully saturated rings. The summed E-state index contributed by atoms with van der Waals surface area (Å²) in [6.07, 6.45) is 4.14. The predicted molar refractivity (Wildman–Crippen MR) is 62.1 cm³/mol. The Hall–Kier alpha value is -1.50. The Labute approximate surface area is 105 Å². The van der Waals surface area contributed by atoms with Crippen molar-refractivity contribution in [3.63, 3.8) is 0 Å². The van der Waals surface area contributed by atoms with E-state index in [0.717, 1.165) is 38.1 Å². The van der Waals surface area contributed by atoms with Crippen LogP contribution in [0.3, 0.4) is 0 Å². The number of aliphatic carboxylic acids is 1. The Bertz CT molecular complexity index is 401. The van der Waals surface area contributed by atoms with Crippen molar-refractivity contribution in [1.82, 2.24) is 20.2 Å². The Morgan fingerprint density at radius 1 is 1.67 bits per heavy atom. The average molecular weight is 254 g/mol. The number of hydrogen-bond acceptors (Lipinski definition) is 5. The van der Waals surface area contributed by atoms with Crippen LogP contribution in [0.1, 0.15) is 44.5 Å². The fourth-order valence-electron chi connectivity index (χ4n) is 2.22. The summed E-state index contributed by atoms with van der Waals surface area (Å²) < 4.78 is 7.14. The van der Waals surface area contributed by atoms with E-state index in [2.05, 4.69) is 15.5 Å². The second kappa shape index (κ2) is 5.90. The van der Waals surface area contributed by atoms with Crippen molar-refractivity contribution in [3.8, 4) is 0 Å². The van der Waals surface area contributed by atoms with Gasteiger partial charge in [0.15, 0.2) is 5.82 Å². The van der Waals surface area contributed by atoms with Crippen molar-refractivity contribution >= 4 is 5.97 Å². The van der Waals surface area contributed by atoms with Gasteiger partial charge >= 0.3 is 5.97 Å². The molecule has 0 saturated carbocycles. The SMILES string of the molecule is CC(CC(=O)O)n1nnnc1CCC1CCCO1. The number of carbonyl (C=O) groups is 1. The summed E-state index contributed by atoms with van der Waals surface area (Å²) in [7, 11) is 0. The van der Waals surface area contributed by atoms with Crippen molar-refractivity contribution in [2.75, 3.05) is 6.61 Å². The van der Waals surface area contributed by atoms with Gasteiger partial charge in [0.05, 0.1) is 18.6 Å². The molecular formula is C11H18N4O3. The fraction of sp³-hybridized carbons (Fsp3) is 0.818. The zero-order valence-electron chi connectivity index (χ0n) is 10.4. The topological polar surface area (TPSA) is 90.1 Å². The van der Waals surface area contributed by atoms with E-state index in [9.17, 15) is 4.79 Å². The maximum atomic E-state index is 10.7. The number of carboxylic acids is 1. The van der Waals surface area contributed by atoms with E-state index in [1.807, 2.05) is 0 Å². The molecule has 1 aliphatic heterocycles. The maximum absolute atomic E-state index is 10.7. The largest absolute Gasteiger partial charge is 0.481 e. The minimum atomic E-state index is -0.844. The van der Waals surface area contributed by atoms with E-state index in [-0.39, 0.29) is 12.5 Å². The third-order valence-electron chi connectivity index (χ3n) is 3.16. The number of aromatic nitrogens is 4. The van der Waals surface area contributed by atoms with E-state index in [1.165, 1.54) is 0 Å². The molecule has 0 bridgehead atoms. The minimum absolute atomic E-state index is 0.0258. The van der Waals surface area contributed by atoms with Crippen LogP contribution in [0.5, 0.6) is 0 Å². The number of nitrogens with zero attached hydrogens (tertiary/aromatic N) is 4. The van der Waals surface area contributed by atoms with Crippen LogP contribution in [0.15, 0.2) is 0 Å². The van der Waals surface area contributed by atoms with E-state index >= 15 is 0 Å². The Morgan fingerprint density at radius 2 is 2.50 bits per heavy atom. The van der Waals surface area contributed by atoms with Gasteiger partial charge in [-0.2, -0.15) is 0 Å². The molecule has 0 aliphatic carbocycles. The van der Waals surface area contributed by atoms with E-state index in [1.54, 1.807) is 11.6 Å². The second-order valence-electron chi connectivity index (χ2n) is 4.66. The van der Waals surface area contributed by atoms with Crippen molar-refractivity contribution in [1.29, 1.82) is 0 Å². The summed E-state index contributed by atoms with van der Waals surface area (Å²) in [6.45, 7) is 2.64. The summed E-state index contributed by atoms with van der Waals surface area (Å²) in [5.41, 5.74) is 0. The predicted octanol–water partition coefficient (Wildman–Crippen LogP) is 0.820. The van der Waals surface area contributed by atoms with Crippen LogP contribution in [0, 0.1) is 0 Å². The average Bonchev–Trinajstić information content (AvgIpc) is 2.96. The van der Waals surface area contributed by atoms with Gasteiger partial charge in [0.2, 0.25) is 0 Å². The first kappa shape index (κ1) is 12.9. The van der Waals surface area contributed by atoms with Gasteiger partial charge in [0, 0.05) is 13.0 Å². The molecule has 2 heterocycles. The number of rotatable bonds is 6. The third-order valence-corrected chi connectivity index (χ3v) is 3.16. The zero-order valence-corrected chi connectivity index (χ0v) is 10.4. The summed E-state index contributed by atoms with van der Waals surface area (Å²) in [5.74, 6) is -0.109. The van der Waals surface area contributed by atoms with Crippen LogP contribution >= 0.6 is 0 Å². The van der Waals surface area contributed by atoms with Crippen molar-refractivity contribution in [2.24, 2.45) is 0 Å². The van der Waals surface area contributed by atoms with Crippen LogP contribution in [-0.4, -0.2) is 44.0 Å². The molecule has 2 atom stereocenters. The molecule has 0 spiro atoms. The molecule has 1 aliphatic rings. The Kier molecular flexibility index (Phi) is 4.24. The molecule has 0 amide bonds. The lowest BCUT2D eigenvalue weighted by Gasteiger charge is -2.12. The molecule has 1 saturated heterocycles. The number of tetrazole rings is 1. The molecule has 100 valence electrons. The lowest BCUT2D eigenvalue weighted by molar-refractivity contribution is -0.137. The van der Waals surface area contributed by atoms with E-state index in [0.29, 0.717) is 6.10 Å². The Balaban J connectivity index is 1.91. The first-order valence-electron chi connectivity index (χ1n) is 6.27. The van der Waals surface area contributed by atoms with Crippen LogP contribution in [-0.2, 0) is 16.0 Å². The van der Waals surface area contributed by atoms with Crippen LogP contribution in [0.2, 0.25) is 0 Å². The molecule has 1 aromatic heterocycles. The standard InChI is InChI=1S/C11H18N4O3/c1-8(7-11(16)17)15-10(12-13-14-15)5-4-9-3-2-6-18-9/h8-9H,2-7H2,1H3,(H,16,17). The number of hydrogen-bond donors (Lipinski definition) is 1. The highest BCUT2D eigenvalue weighted by Crippen LogP contribution is 2.18. The highest BCUT2D eigenvalue weighted by molar-refractivity contribution is 5.67. The van der Waals surface area contributed by atoms with Crippen LogP contribution in [0.4, 0.5) is 0 Å². The third kappa shape index (κ3) is 3.25. The summed E-state index contributed by atoms with van der Waals surface area (Å²) in [4.78, 5) is 10.7. The van der Waals surface area contributed by atoms with E-state index < -0.39 is 5.97 Å². The van der Waals surface area contributed by atoms with Gasteiger partial charge < -0.3 is 9.84 Å². The quantitative estimate of drug-likeness (QED) is 0.808. The minimum Gasteiger partial charge on any atom is -0.481 e. The highest BCUT2D eigenvalue weighted by atomic mass is 16.5. The fourth-order valence-corrected chi connectivity index (χ4v) is 2.22. The van der Waals surface area contributed by atoms with Crippen molar-refractivity contribution in [2.45, 2.75) is 51.2 Å². The summed E-state index contributed by atoms with van der Waals surface area (Å²) in [5, 5.41) is 20.2. The number of ether oxygens (including phenoxy) is 1. The molecule has 2 rings (SSSR count). The normalized spacial score (nSPS) is 21.1. The van der Waals surface area contributed by atoms with Gasteiger partial charge in [-0.15, -0.1) is 5.10 Å². The van der Waals surface area contributed by atoms with Crippen molar-refractivity contribution in [3.05, 3.63) is 5.82 Å². The van der Waals surface area contributed by atoms with Crippen LogP contribution in [0.25, 0.3) is 0 Å². The molecule has 7 nitrogen and oxygen atoms in total.